The molecule has 0 unspecified atom stereocenters. The Morgan fingerprint density at radius 1 is 1.44 bits per heavy atom. The Labute approximate surface area is 103 Å². The van der Waals surface area contributed by atoms with Gasteiger partial charge in [0.2, 0.25) is 0 Å². The van der Waals surface area contributed by atoms with E-state index < -0.39 is 24.5 Å². The summed E-state index contributed by atoms with van der Waals surface area (Å²) in [4.78, 5) is 33.0. The first-order chi connectivity index (χ1) is 8.61. The van der Waals surface area contributed by atoms with Gasteiger partial charge in [0.1, 0.15) is 5.76 Å². The normalized spacial score (nSPS) is 10.1. The van der Waals surface area contributed by atoms with Gasteiger partial charge in [-0.3, -0.25) is 10.1 Å². The minimum Gasteiger partial charge on any atom is -0.465 e. The number of ether oxygens (including phenoxy) is 1. The van der Waals surface area contributed by atoms with E-state index in [0.29, 0.717) is 5.76 Å². The largest absolute Gasteiger partial charge is 0.465 e. The summed E-state index contributed by atoms with van der Waals surface area (Å²) in [5.74, 6) is -0.936. The molecule has 7 heteroatoms. The number of rotatable bonds is 4. The number of imide groups is 1. The van der Waals surface area contributed by atoms with Gasteiger partial charge < -0.3 is 14.5 Å². The van der Waals surface area contributed by atoms with Gasteiger partial charge in [0.15, 0.2) is 6.61 Å². The van der Waals surface area contributed by atoms with Crippen molar-refractivity contribution in [1.82, 2.24) is 10.6 Å². The van der Waals surface area contributed by atoms with Crippen LogP contribution < -0.4 is 10.6 Å². The van der Waals surface area contributed by atoms with Gasteiger partial charge in [0, 0.05) is 13.1 Å². The third-order valence-electron chi connectivity index (χ3n) is 1.75. The van der Waals surface area contributed by atoms with Crippen molar-refractivity contribution >= 4 is 24.0 Å². The number of urea groups is 1. The molecule has 0 atom stereocenters. The lowest BCUT2D eigenvalue weighted by Crippen LogP contribution is -2.39. The Kier molecular flexibility index (Phi) is 5.17. The Morgan fingerprint density at radius 3 is 2.83 bits per heavy atom. The van der Waals surface area contributed by atoms with Crippen molar-refractivity contribution in [3.63, 3.8) is 0 Å². The van der Waals surface area contributed by atoms with E-state index in [1.165, 1.54) is 19.4 Å². The molecule has 7 nitrogen and oxygen atoms in total. The van der Waals surface area contributed by atoms with E-state index in [4.69, 9.17) is 4.42 Å². The van der Waals surface area contributed by atoms with E-state index in [1.807, 2.05) is 5.32 Å². The van der Waals surface area contributed by atoms with Crippen LogP contribution in [0.1, 0.15) is 5.76 Å². The fourth-order valence-electron chi connectivity index (χ4n) is 0.946. The van der Waals surface area contributed by atoms with Crippen molar-refractivity contribution < 1.29 is 23.5 Å². The Bertz CT molecular complexity index is 450. The number of furan rings is 1. The molecule has 96 valence electrons. The number of amides is 3. The number of esters is 1. The van der Waals surface area contributed by atoms with E-state index in [2.05, 4.69) is 10.1 Å². The first-order valence-electron chi connectivity index (χ1n) is 5.01. The van der Waals surface area contributed by atoms with Gasteiger partial charge in [0.25, 0.3) is 5.91 Å². The van der Waals surface area contributed by atoms with Crippen LogP contribution in [0.15, 0.2) is 28.9 Å². The van der Waals surface area contributed by atoms with Crippen LogP contribution in [0, 0.1) is 0 Å². The third-order valence-corrected chi connectivity index (χ3v) is 1.75. The molecule has 0 fully saturated rings. The van der Waals surface area contributed by atoms with Gasteiger partial charge in [-0.1, -0.05) is 0 Å². The molecule has 0 bridgehead atoms. The highest BCUT2D eigenvalue weighted by Gasteiger charge is 2.07. The predicted molar refractivity (Wildman–Crippen MR) is 61.3 cm³/mol. The molecular weight excluding hydrogens is 240 g/mol. The van der Waals surface area contributed by atoms with Gasteiger partial charge in [-0.25, -0.2) is 9.59 Å². The molecule has 0 aliphatic carbocycles. The summed E-state index contributed by atoms with van der Waals surface area (Å²) in [6, 6.07) is 2.66. The topological polar surface area (TPSA) is 97.6 Å². The highest BCUT2D eigenvalue weighted by Crippen LogP contribution is 2.02. The summed E-state index contributed by atoms with van der Waals surface area (Å²) in [7, 11) is 1.36. The standard InChI is InChI=1S/C11H12N2O5/c1-12-11(16)13-9(14)7-18-10(15)5-4-8-3-2-6-17-8/h2-6H,7H2,1H3,(H2,12,13,14,16)/b5-4+. The molecule has 0 aliphatic heterocycles. The zero-order valence-electron chi connectivity index (χ0n) is 9.64. The minimum atomic E-state index is -0.714. The first kappa shape index (κ1) is 13.5. The Hall–Kier alpha value is -2.57. The van der Waals surface area contributed by atoms with Crippen molar-refractivity contribution in [3.8, 4) is 0 Å². The van der Waals surface area contributed by atoms with Crippen LogP contribution in [-0.4, -0.2) is 31.6 Å². The van der Waals surface area contributed by atoms with E-state index in [1.54, 1.807) is 12.1 Å². The highest BCUT2D eigenvalue weighted by molar-refractivity contribution is 5.96. The average Bonchev–Trinajstić information content (AvgIpc) is 2.86. The van der Waals surface area contributed by atoms with Crippen LogP contribution >= 0.6 is 0 Å². The molecular formula is C11H12N2O5. The van der Waals surface area contributed by atoms with Crippen LogP contribution in [0.3, 0.4) is 0 Å². The summed E-state index contributed by atoms with van der Waals surface area (Å²) in [6.07, 6.45) is 3.98. The fraction of sp³-hybridized carbons (Fsp3) is 0.182. The molecule has 0 saturated heterocycles. The quantitative estimate of drug-likeness (QED) is 0.593. The molecule has 2 N–H and O–H groups in total. The van der Waals surface area contributed by atoms with Crippen LogP contribution in [0.2, 0.25) is 0 Å². The molecule has 0 spiro atoms. The lowest BCUT2D eigenvalue weighted by Gasteiger charge is -2.02. The van der Waals surface area contributed by atoms with Crippen molar-refractivity contribution in [2.45, 2.75) is 0 Å². The number of carbonyl (C=O) groups is 3. The van der Waals surface area contributed by atoms with E-state index >= 15 is 0 Å². The summed E-state index contributed by atoms with van der Waals surface area (Å²) in [5, 5.41) is 4.14. The second-order valence-electron chi connectivity index (χ2n) is 3.08. The number of hydrogen-bond donors (Lipinski definition) is 2. The molecule has 1 rings (SSSR count). The van der Waals surface area contributed by atoms with Crippen molar-refractivity contribution in [2.24, 2.45) is 0 Å². The third kappa shape index (κ3) is 4.97. The molecule has 0 aromatic carbocycles. The maximum atomic E-state index is 11.2. The maximum absolute atomic E-state index is 11.2. The van der Waals surface area contributed by atoms with Crippen LogP contribution in [-0.2, 0) is 14.3 Å². The monoisotopic (exact) mass is 252 g/mol. The second kappa shape index (κ2) is 6.89. The van der Waals surface area contributed by atoms with Crippen LogP contribution in [0.5, 0.6) is 0 Å². The lowest BCUT2D eigenvalue weighted by atomic mass is 10.4. The van der Waals surface area contributed by atoms with Crippen molar-refractivity contribution in [1.29, 1.82) is 0 Å². The van der Waals surface area contributed by atoms with Gasteiger partial charge in [-0.05, 0) is 18.2 Å². The molecule has 1 heterocycles. The molecule has 1 aromatic rings. The van der Waals surface area contributed by atoms with Gasteiger partial charge in [0.05, 0.1) is 6.26 Å². The summed E-state index contributed by atoms with van der Waals surface area (Å²) in [6.45, 7) is -0.533. The first-order valence-corrected chi connectivity index (χ1v) is 5.01. The second-order valence-corrected chi connectivity index (χ2v) is 3.08. The van der Waals surface area contributed by atoms with Crippen LogP contribution in [0.25, 0.3) is 6.08 Å². The van der Waals surface area contributed by atoms with Crippen LogP contribution in [0.4, 0.5) is 4.79 Å². The zero-order chi connectivity index (χ0) is 13.4. The van der Waals surface area contributed by atoms with Gasteiger partial charge in [-0.15, -0.1) is 0 Å². The van der Waals surface area contributed by atoms with Crippen molar-refractivity contribution in [2.75, 3.05) is 13.7 Å². The summed E-state index contributed by atoms with van der Waals surface area (Å²) < 4.78 is 9.54. The molecule has 0 radical (unpaired) electrons. The smallest absolute Gasteiger partial charge is 0.331 e. The van der Waals surface area contributed by atoms with E-state index in [-0.39, 0.29) is 0 Å². The SMILES string of the molecule is CNC(=O)NC(=O)COC(=O)/C=C/c1ccco1. The average molecular weight is 252 g/mol. The maximum Gasteiger partial charge on any atom is 0.331 e. The Morgan fingerprint density at radius 2 is 2.22 bits per heavy atom. The van der Waals surface area contributed by atoms with Gasteiger partial charge in [-0.2, -0.15) is 0 Å². The Balaban J connectivity index is 2.29. The number of nitrogens with one attached hydrogen (secondary N) is 2. The van der Waals surface area contributed by atoms with Crippen molar-refractivity contribution in [3.05, 3.63) is 30.2 Å². The molecule has 18 heavy (non-hydrogen) atoms. The molecule has 0 saturated carbocycles. The zero-order valence-corrected chi connectivity index (χ0v) is 9.64. The lowest BCUT2D eigenvalue weighted by molar-refractivity contribution is -0.143. The van der Waals surface area contributed by atoms with E-state index in [9.17, 15) is 14.4 Å². The van der Waals surface area contributed by atoms with Gasteiger partial charge >= 0.3 is 12.0 Å². The number of carbonyl (C=O) groups excluding carboxylic acids is 3. The summed E-state index contributed by atoms with van der Waals surface area (Å²) >= 11 is 0. The minimum absolute atomic E-state index is 0.488. The summed E-state index contributed by atoms with van der Waals surface area (Å²) in [5.41, 5.74) is 0. The molecule has 1 aromatic heterocycles. The predicted octanol–water partition coefficient (Wildman–Crippen LogP) is 0.292. The van der Waals surface area contributed by atoms with E-state index in [0.717, 1.165) is 6.08 Å². The molecule has 3 amide bonds. The highest BCUT2D eigenvalue weighted by atomic mass is 16.5. The number of hydrogen-bond acceptors (Lipinski definition) is 5. The fourth-order valence-corrected chi connectivity index (χ4v) is 0.946. The molecule has 0 aliphatic rings.